The van der Waals surface area contributed by atoms with E-state index in [9.17, 15) is 4.79 Å². The molecule has 0 aliphatic heterocycles. The molecule has 2 amide bonds. The van der Waals surface area contributed by atoms with E-state index in [2.05, 4.69) is 15.6 Å². The molecule has 1 aliphatic carbocycles. The molecule has 2 N–H and O–H groups in total. The van der Waals surface area contributed by atoms with Crippen LogP contribution in [-0.2, 0) is 13.6 Å². The van der Waals surface area contributed by atoms with E-state index in [-0.39, 0.29) is 6.03 Å². The van der Waals surface area contributed by atoms with Gasteiger partial charge < -0.3 is 15.2 Å². The van der Waals surface area contributed by atoms with E-state index in [0.29, 0.717) is 12.6 Å². The van der Waals surface area contributed by atoms with Crippen molar-refractivity contribution in [1.82, 2.24) is 20.2 Å². The predicted molar refractivity (Wildman–Crippen MR) is 83.0 cm³/mol. The van der Waals surface area contributed by atoms with E-state index in [1.807, 2.05) is 35.9 Å². The summed E-state index contributed by atoms with van der Waals surface area (Å²) in [6.07, 6.45) is 5.92. The molecule has 1 aromatic carbocycles. The molecule has 0 unspecified atom stereocenters. The highest BCUT2D eigenvalue weighted by molar-refractivity contribution is 5.76. The second kappa shape index (κ2) is 6.16. The minimum Gasteiger partial charge on any atom is -0.335 e. The third-order valence-corrected chi connectivity index (χ3v) is 4.23. The van der Waals surface area contributed by atoms with Gasteiger partial charge in [0.2, 0.25) is 0 Å². The number of benzene rings is 1. The largest absolute Gasteiger partial charge is 0.335 e. The Bertz CT molecular complexity index is 628. The van der Waals surface area contributed by atoms with Crippen LogP contribution in [0.5, 0.6) is 0 Å². The smallest absolute Gasteiger partial charge is 0.315 e. The van der Waals surface area contributed by atoms with Crippen molar-refractivity contribution in [3.8, 4) is 0 Å². The molecule has 0 radical (unpaired) electrons. The Morgan fingerprint density at radius 2 is 2.05 bits per heavy atom. The lowest BCUT2D eigenvalue weighted by Gasteiger charge is -2.22. The van der Waals surface area contributed by atoms with Crippen molar-refractivity contribution in [2.24, 2.45) is 7.05 Å². The highest BCUT2D eigenvalue weighted by atomic mass is 16.2. The summed E-state index contributed by atoms with van der Waals surface area (Å²) >= 11 is 0. The predicted octanol–water partition coefficient (Wildman–Crippen LogP) is 2.71. The second-order valence-corrected chi connectivity index (χ2v) is 5.74. The van der Waals surface area contributed by atoms with E-state index >= 15 is 0 Å². The number of carbonyl (C=O) groups excluding carboxylic acids is 1. The molecule has 3 rings (SSSR count). The fraction of sp³-hybridized carbons (Fsp3) is 0.500. The number of amides is 2. The van der Waals surface area contributed by atoms with Gasteiger partial charge in [0, 0.05) is 13.1 Å². The van der Waals surface area contributed by atoms with Crippen molar-refractivity contribution in [3.05, 3.63) is 30.1 Å². The second-order valence-electron chi connectivity index (χ2n) is 5.74. The van der Waals surface area contributed by atoms with Crippen molar-refractivity contribution in [2.75, 3.05) is 0 Å². The van der Waals surface area contributed by atoms with Gasteiger partial charge in [-0.3, -0.25) is 0 Å². The minimum atomic E-state index is -0.0889. The fourth-order valence-electron chi connectivity index (χ4n) is 3.00. The zero-order valence-corrected chi connectivity index (χ0v) is 12.4. The topological polar surface area (TPSA) is 59.0 Å². The van der Waals surface area contributed by atoms with Crippen LogP contribution in [0.2, 0.25) is 0 Å². The minimum absolute atomic E-state index is 0.0889. The molecule has 5 heteroatoms. The van der Waals surface area contributed by atoms with Gasteiger partial charge in [0.05, 0.1) is 17.6 Å². The van der Waals surface area contributed by atoms with Crippen molar-refractivity contribution < 1.29 is 4.79 Å². The van der Waals surface area contributed by atoms with Crippen LogP contribution in [0.25, 0.3) is 11.0 Å². The van der Waals surface area contributed by atoms with Gasteiger partial charge in [-0.15, -0.1) is 0 Å². The lowest BCUT2D eigenvalue weighted by Crippen LogP contribution is -2.42. The average molecular weight is 286 g/mol. The Morgan fingerprint density at radius 1 is 1.29 bits per heavy atom. The lowest BCUT2D eigenvalue weighted by molar-refractivity contribution is 0.232. The molecule has 1 fully saturated rings. The number of carbonyl (C=O) groups is 1. The van der Waals surface area contributed by atoms with E-state index in [1.54, 1.807) is 0 Å². The normalized spacial score (nSPS) is 16.0. The van der Waals surface area contributed by atoms with E-state index in [0.717, 1.165) is 29.7 Å². The van der Waals surface area contributed by atoms with Crippen LogP contribution in [0.4, 0.5) is 4.79 Å². The third kappa shape index (κ3) is 3.17. The first-order valence-electron chi connectivity index (χ1n) is 7.69. The number of fused-ring (bicyclic) bond motifs is 1. The molecule has 0 bridgehead atoms. The summed E-state index contributed by atoms with van der Waals surface area (Å²) in [5, 5.41) is 5.97. The molecule has 0 saturated heterocycles. The number of aromatic nitrogens is 2. The summed E-state index contributed by atoms with van der Waals surface area (Å²) < 4.78 is 2.02. The molecule has 21 heavy (non-hydrogen) atoms. The van der Waals surface area contributed by atoms with Crippen LogP contribution < -0.4 is 10.6 Å². The number of hydrogen-bond acceptors (Lipinski definition) is 2. The van der Waals surface area contributed by atoms with Crippen LogP contribution in [0, 0.1) is 0 Å². The van der Waals surface area contributed by atoms with E-state index in [4.69, 9.17) is 0 Å². The van der Waals surface area contributed by atoms with Crippen LogP contribution in [-0.4, -0.2) is 21.6 Å². The fourth-order valence-corrected chi connectivity index (χ4v) is 3.00. The van der Waals surface area contributed by atoms with Gasteiger partial charge in [-0.2, -0.15) is 0 Å². The molecule has 5 nitrogen and oxygen atoms in total. The maximum Gasteiger partial charge on any atom is 0.315 e. The van der Waals surface area contributed by atoms with Gasteiger partial charge in [0.25, 0.3) is 0 Å². The molecule has 0 atom stereocenters. The highest BCUT2D eigenvalue weighted by Crippen LogP contribution is 2.17. The summed E-state index contributed by atoms with van der Waals surface area (Å²) in [5.41, 5.74) is 2.05. The van der Waals surface area contributed by atoms with Gasteiger partial charge in [-0.05, 0) is 25.0 Å². The first-order valence-corrected chi connectivity index (χ1v) is 7.69. The maximum absolute atomic E-state index is 12.0. The van der Waals surface area contributed by atoms with Crippen molar-refractivity contribution in [1.29, 1.82) is 0 Å². The summed E-state index contributed by atoms with van der Waals surface area (Å²) in [5.74, 6) is 0.870. The van der Waals surface area contributed by atoms with Gasteiger partial charge >= 0.3 is 6.03 Å². The molecule has 1 aromatic heterocycles. The zero-order chi connectivity index (χ0) is 14.7. The quantitative estimate of drug-likeness (QED) is 0.911. The van der Waals surface area contributed by atoms with Crippen LogP contribution >= 0.6 is 0 Å². The molecule has 112 valence electrons. The SMILES string of the molecule is Cn1c(CNC(=O)NC2CCCCC2)nc2ccccc21. The number of nitrogens with one attached hydrogen (secondary N) is 2. The molecular formula is C16H22N4O. The Hall–Kier alpha value is -2.04. The van der Waals surface area contributed by atoms with E-state index in [1.165, 1.54) is 19.3 Å². The summed E-state index contributed by atoms with van der Waals surface area (Å²) in [4.78, 5) is 16.5. The number of nitrogens with zero attached hydrogens (tertiary/aromatic N) is 2. The molecular weight excluding hydrogens is 264 g/mol. The number of imidazole rings is 1. The monoisotopic (exact) mass is 286 g/mol. The Morgan fingerprint density at radius 3 is 2.81 bits per heavy atom. The summed E-state index contributed by atoms with van der Waals surface area (Å²) in [7, 11) is 1.98. The van der Waals surface area contributed by atoms with Crippen molar-refractivity contribution in [3.63, 3.8) is 0 Å². The highest BCUT2D eigenvalue weighted by Gasteiger charge is 2.16. The van der Waals surface area contributed by atoms with Crippen LogP contribution in [0.15, 0.2) is 24.3 Å². The van der Waals surface area contributed by atoms with Gasteiger partial charge in [-0.1, -0.05) is 31.4 Å². The number of hydrogen-bond donors (Lipinski definition) is 2. The number of aryl methyl sites for hydroxylation is 1. The lowest BCUT2D eigenvalue weighted by atomic mass is 9.96. The van der Waals surface area contributed by atoms with E-state index < -0.39 is 0 Å². The first kappa shape index (κ1) is 13.9. The van der Waals surface area contributed by atoms with Gasteiger partial charge in [0.15, 0.2) is 0 Å². The zero-order valence-electron chi connectivity index (χ0n) is 12.4. The van der Waals surface area contributed by atoms with Gasteiger partial charge in [-0.25, -0.2) is 9.78 Å². The van der Waals surface area contributed by atoms with Gasteiger partial charge in [0.1, 0.15) is 5.82 Å². The number of urea groups is 1. The third-order valence-electron chi connectivity index (χ3n) is 4.23. The standard InChI is InChI=1S/C16H22N4O/c1-20-14-10-6-5-9-13(14)19-15(20)11-17-16(21)18-12-7-3-2-4-8-12/h5-6,9-10,12H,2-4,7-8,11H2,1H3,(H2,17,18,21). The van der Waals surface area contributed by atoms with Crippen molar-refractivity contribution >= 4 is 17.1 Å². The van der Waals surface area contributed by atoms with Crippen LogP contribution in [0.1, 0.15) is 37.9 Å². The molecule has 1 saturated carbocycles. The Labute approximate surface area is 124 Å². The Balaban J connectivity index is 1.58. The summed E-state index contributed by atoms with van der Waals surface area (Å²) in [6.45, 7) is 0.448. The van der Waals surface area contributed by atoms with Crippen molar-refractivity contribution in [2.45, 2.75) is 44.7 Å². The molecule has 0 spiro atoms. The first-order chi connectivity index (χ1) is 10.2. The maximum atomic E-state index is 12.0. The molecule has 2 aromatic rings. The number of rotatable bonds is 3. The average Bonchev–Trinajstić information content (AvgIpc) is 2.83. The molecule has 1 aliphatic rings. The summed E-state index contributed by atoms with van der Waals surface area (Å²) in [6, 6.07) is 8.24. The van der Waals surface area contributed by atoms with Crippen LogP contribution in [0.3, 0.4) is 0 Å². The Kier molecular flexibility index (Phi) is 4.08. The molecule has 1 heterocycles. The number of para-hydroxylation sites is 2.